The standard InChI is InChI=1S/C35H49FN4O7S/c1-8-10-12-16-46-40(31(42)13-11-9-2)29(22(3)4)19-30(47-23(5)41)33-39-28(21-48-33)32(43)38-25(20-35(6,7)34(44)45)17-24-14-15-27(37)26(36)18-24/h1,14-15,18,21-22,25,29-30H,9-13,16-17,19-20,37H2,2-7H3,(H,38,43)(H,44,45). The molecule has 3 atom stereocenters. The number of nitrogens with one attached hydrogen (secondary N) is 1. The van der Waals surface area contributed by atoms with Gasteiger partial charge in [-0.15, -0.1) is 23.7 Å². The first-order valence-electron chi connectivity index (χ1n) is 16.2. The first-order valence-corrected chi connectivity index (χ1v) is 17.1. The van der Waals surface area contributed by atoms with E-state index >= 15 is 0 Å². The van der Waals surface area contributed by atoms with Gasteiger partial charge in [0, 0.05) is 37.6 Å². The number of benzene rings is 1. The van der Waals surface area contributed by atoms with Gasteiger partial charge >= 0.3 is 11.9 Å². The zero-order chi connectivity index (χ0) is 36.0. The molecule has 1 aromatic heterocycles. The number of aliphatic carboxylic acids is 1. The van der Waals surface area contributed by atoms with E-state index in [0.717, 1.165) is 17.8 Å². The number of hydrogen-bond acceptors (Lipinski definition) is 9. The maximum Gasteiger partial charge on any atom is 0.309 e. The molecular formula is C35H49FN4O7S. The molecule has 0 bridgehead atoms. The third-order valence-corrected chi connectivity index (χ3v) is 8.71. The van der Waals surface area contributed by atoms with E-state index in [1.54, 1.807) is 19.9 Å². The number of nitrogens with zero attached hydrogens (tertiary/aromatic N) is 2. The van der Waals surface area contributed by atoms with E-state index in [0.29, 0.717) is 29.8 Å². The van der Waals surface area contributed by atoms with Gasteiger partial charge in [-0.25, -0.2) is 14.4 Å². The van der Waals surface area contributed by atoms with Gasteiger partial charge in [-0.2, -0.15) is 0 Å². The number of carbonyl (C=O) groups excluding carboxylic acids is 3. The Morgan fingerprint density at radius 2 is 1.94 bits per heavy atom. The summed E-state index contributed by atoms with van der Waals surface area (Å²) in [5.41, 5.74) is 4.95. The molecule has 264 valence electrons. The molecule has 1 aromatic carbocycles. The molecule has 11 nitrogen and oxygen atoms in total. The van der Waals surface area contributed by atoms with Crippen molar-refractivity contribution in [3.8, 4) is 12.3 Å². The molecule has 0 aliphatic heterocycles. The van der Waals surface area contributed by atoms with Gasteiger partial charge in [0.25, 0.3) is 5.91 Å². The van der Waals surface area contributed by atoms with Crippen LogP contribution in [0.4, 0.5) is 10.1 Å². The van der Waals surface area contributed by atoms with Crippen LogP contribution in [-0.2, 0) is 30.4 Å². The zero-order valence-electron chi connectivity index (χ0n) is 28.7. The predicted molar refractivity (Wildman–Crippen MR) is 182 cm³/mol. The molecule has 2 aromatic rings. The van der Waals surface area contributed by atoms with Crippen LogP contribution in [0.1, 0.15) is 114 Å². The van der Waals surface area contributed by atoms with Crippen molar-refractivity contribution in [3.05, 3.63) is 45.7 Å². The van der Waals surface area contributed by atoms with Crippen LogP contribution in [0, 0.1) is 29.5 Å². The van der Waals surface area contributed by atoms with Crippen molar-refractivity contribution < 1.29 is 38.2 Å². The third kappa shape index (κ3) is 12.5. The average molecular weight is 689 g/mol. The second-order valence-corrected chi connectivity index (χ2v) is 13.7. The highest BCUT2D eigenvalue weighted by molar-refractivity contribution is 7.09. The molecule has 0 fully saturated rings. The predicted octanol–water partition coefficient (Wildman–Crippen LogP) is 6.09. The number of hydroxylamine groups is 2. The number of hydrogen-bond donors (Lipinski definition) is 3. The number of carbonyl (C=O) groups is 4. The van der Waals surface area contributed by atoms with E-state index in [4.69, 9.17) is 21.7 Å². The number of aromatic nitrogens is 1. The number of unbranched alkanes of at least 4 members (excludes halogenated alkanes) is 2. The largest absolute Gasteiger partial charge is 0.481 e. The van der Waals surface area contributed by atoms with Crippen LogP contribution < -0.4 is 11.1 Å². The minimum Gasteiger partial charge on any atom is -0.481 e. The minimum absolute atomic E-state index is 0.0221. The third-order valence-electron chi connectivity index (χ3n) is 7.77. The Kier molecular flexibility index (Phi) is 16.0. The normalized spacial score (nSPS) is 13.3. The molecule has 48 heavy (non-hydrogen) atoms. The van der Waals surface area contributed by atoms with Gasteiger partial charge in [0.2, 0.25) is 5.91 Å². The SMILES string of the molecule is C#CCCCON(C(=O)CCCC)C(CC(OC(C)=O)c1nc(C(=O)NC(Cc2ccc(N)c(F)c2)CC(C)(C)C(=O)O)cs1)C(C)C. The van der Waals surface area contributed by atoms with Crippen molar-refractivity contribution in [3.63, 3.8) is 0 Å². The molecule has 0 saturated carbocycles. The van der Waals surface area contributed by atoms with Crippen molar-refractivity contribution in [2.75, 3.05) is 12.3 Å². The Morgan fingerprint density at radius 1 is 1.23 bits per heavy atom. The van der Waals surface area contributed by atoms with Gasteiger partial charge in [-0.05, 0) is 63.1 Å². The van der Waals surface area contributed by atoms with Crippen molar-refractivity contribution in [2.45, 2.75) is 111 Å². The summed E-state index contributed by atoms with van der Waals surface area (Å²) in [7, 11) is 0. The molecule has 1 heterocycles. The number of rotatable bonds is 20. The molecule has 0 aliphatic rings. The lowest BCUT2D eigenvalue weighted by atomic mass is 9.84. The smallest absolute Gasteiger partial charge is 0.309 e. The van der Waals surface area contributed by atoms with Crippen molar-refractivity contribution >= 4 is 40.8 Å². The van der Waals surface area contributed by atoms with Crippen LogP contribution in [0.2, 0.25) is 0 Å². The number of carboxylic acids is 1. The molecule has 0 spiro atoms. The highest BCUT2D eigenvalue weighted by Crippen LogP contribution is 2.32. The number of nitrogen functional groups attached to an aromatic ring is 1. The molecule has 4 N–H and O–H groups in total. The van der Waals surface area contributed by atoms with E-state index < -0.39 is 47.3 Å². The van der Waals surface area contributed by atoms with Crippen LogP contribution in [0.15, 0.2) is 23.6 Å². The lowest BCUT2D eigenvalue weighted by Gasteiger charge is -2.35. The quantitative estimate of drug-likeness (QED) is 0.0492. The monoisotopic (exact) mass is 688 g/mol. The Balaban J connectivity index is 2.36. The summed E-state index contributed by atoms with van der Waals surface area (Å²) in [6, 6.07) is 3.11. The van der Waals surface area contributed by atoms with Crippen LogP contribution in [0.3, 0.4) is 0 Å². The van der Waals surface area contributed by atoms with Gasteiger partial charge in [0.1, 0.15) is 16.5 Å². The van der Waals surface area contributed by atoms with Gasteiger partial charge in [0.05, 0.1) is 23.8 Å². The Bertz CT molecular complexity index is 1440. The number of halogens is 1. The first kappa shape index (κ1) is 40.2. The van der Waals surface area contributed by atoms with Crippen molar-refractivity contribution in [2.24, 2.45) is 11.3 Å². The molecule has 0 radical (unpaired) electrons. The molecule has 3 unspecified atom stereocenters. The number of nitrogens with two attached hydrogens (primary N) is 1. The fourth-order valence-corrected chi connectivity index (χ4v) is 5.88. The summed E-state index contributed by atoms with van der Waals surface area (Å²) in [4.78, 5) is 61.4. The molecule has 13 heteroatoms. The van der Waals surface area contributed by atoms with E-state index in [9.17, 15) is 28.7 Å². The fraction of sp³-hybridized carbons (Fsp3) is 0.571. The van der Waals surface area contributed by atoms with Crippen LogP contribution in [-0.4, -0.2) is 57.6 Å². The van der Waals surface area contributed by atoms with Gasteiger partial charge in [-0.1, -0.05) is 33.3 Å². The minimum atomic E-state index is -1.20. The maximum atomic E-state index is 14.2. The summed E-state index contributed by atoms with van der Waals surface area (Å²) in [6.45, 7) is 10.5. The number of anilines is 1. The number of amides is 2. The van der Waals surface area contributed by atoms with Gasteiger partial charge < -0.3 is 20.9 Å². The maximum absolute atomic E-state index is 14.2. The first-order chi connectivity index (χ1) is 22.6. The fourth-order valence-electron chi connectivity index (χ4n) is 5.04. The lowest BCUT2D eigenvalue weighted by Crippen LogP contribution is -2.44. The van der Waals surface area contributed by atoms with Crippen LogP contribution in [0.5, 0.6) is 0 Å². The molecule has 2 rings (SSSR count). The molecule has 0 saturated heterocycles. The topological polar surface area (TPSA) is 161 Å². The highest BCUT2D eigenvalue weighted by Gasteiger charge is 2.35. The van der Waals surface area contributed by atoms with E-state index in [1.165, 1.54) is 29.5 Å². The van der Waals surface area contributed by atoms with Crippen molar-refractivity contribution in [1.29, 1.82) is 0 Å². The summed E-state index contributed by atoms with van der Waals surface area (Å²) >= 11 is 1.12. The number of carboxylic acid groups (broad SMARTS) is 1. The average Bonchev–Trinajstić information content (AvgIpc) is 3.50. The lowest BCUT2D eigenvalue weighted by molar-refractivity contribution is -0.210. The van der Waals surface area contributed by atoms with Crippen LogP contribution in [0.25, 0.3) is 0 Å². The summed E-state index contributed by atoms with van der Waals surface area (Å²) < 4.78 is 19.9. The van der Waals surface area contributed by atoms with E-state index in [-0.39, 0.29) is 55.5 Å². The highest BCUT2D eigenvalue weighted by atomic mass is 32.1. The summed E-state index contributed by atoms with van der Waals surface area (Å²) in [5, 5.41) is 15.8. The zero-order valence-corrected chi connectivity index (χ0v) is 29.5. The second-order valence-electron chi connectivity index (χ2n) is 12.8. The van der Waals surface area contributed by atoms with Gasteiger partial charge in [-0.3, -0.25) is 24.0 Å². The molecule has 0 aliphatic carbocycles. The van der Waals surface area contributed by atoms with Crippen LogP contribution >= 0.6 is 11.3 Å². The number of terminal acetylenes is 1. The summed E-state index contributed by atoms with van der Waals surface area (Å²) in [5.74, 6) is -0.518. The summed E-state index contributed by atoms with van der Waals surface area (Å²) in [6.07, 6.45) is 7.70. The number of esters is 1. The second kappa shape index (κ2) is 19.1. The van der Waals surface area contributed by atoms with Crippen molar-refractivity contribution in [1.82, 2.24) is 15.4 Å². The molecular weight excluding hydrogens is 639 g/mol. The Labute approximate surface area is 286 Å². The molecule has 2 amide bonds. The Hall–Kier alpha value is -4.02. The number of ether oxygens (including phenoxy) is 1. The van der Waals surface area contributed by atoms with Gasteiger partial charge in [0.15, 0.2) is 6.10 Å². The van der Waals surface area contributed by atoms with E-state index in [2.05, 4.69) is 16.2 Å². The van der Waals surface area contributed by atoms with E-state index in [1.807, 2.05) is 20.8 Å². The Morgan fingerprint density at radius 3 is 2.52 bits per heavy atom. The number of thiazole rings is 1.